The topological polar surface area (TPSA) is 65.1 Å². The zero-order valence-electron chi connectivity index (χ0n) is 21.0. The fourth-order valence-electron chi connectivity index (χ4n) is 4.41. The quantitative estimate of drug-likeness (QED) is 0.468. The van der Waals surface area contributed by atoms with Gasteiger partial charge in [-0.05, 0) is 95.0 Å². The first kappa shape index (κ1) is 25.3. The molecule has 0 radical (unpaired) electrons. The maximum absolute atomic E-state index is 13.0. The first-order valence-corrected chi connectivity index (χ1v) is 11.9. The molecule has 6 nitrogen and oxygen atoms in total. The summed E-state index contributed by atoms with van der Waals surface area (Å²) < 4.78 is 16.9. The van der Waals surface area contributed by atoms with E-state index >= 15 is 0 Å². The van der Waals surface area contributed by atoms with Gasteiger partial charge >= 0.3 is 0 Å². The number of rotatable bonds is 9. The lowest BCUT2D eigenvalue weighted by molar-refractivity contribution is -0.137. The number of hydrogen-bond acceptors (Lipinski definition) is 5. The minimum atomic E-state index is -0.0678. The highest BCUT2D eigenvalue weighted by Crippen LogP contribution is 2.32. The SMILES string of the molecule is CCOc1cc(/C=C2\CCc3cc(OC)ccc3C2=O)ccc1OCC(=O)N(C(C)C)C(C)C. The number of aryl methyl sites for hydroxylation is 1. The number of ether oxygens (including phenoxy) is 3. The molecule has 182 valence electrons. The fourth-order valence-corrected chi connectivity index (χ4v) is 4.41. The van der Waals surface area contributed by atoms with E-state index in [0.717, 1.165) is 34.4 Å². The summed E-state index contributed by atoms with van der Waals surface area (Å²) in [6.45, 7) is 10.3. The lowest BCUT2D eigenvalue weighted by Crippen LogP contribution is -2.44. The molecule has 34 heavy (non-hydrogen) atoms. The van der Waals surface area contributed by atoms with E-state index in [4.69, 9.17) is 14.2 Å². The highest BCUT2D eigenvalue weighted by atomic mass is 16.5. The summed E-state index contributed by atoms with van der Waals surface area (Å²) in [4.78, 5) is 27.5. The third-order valence-corrected chi connectivity index (χ3v) is 5.87. The van der Waals surface area contributed by atoms with Crippen LogP contribution in [0.4, 0.5) is 0 Å². The Labute approximate surface area is 202 Å². The van der Waals surface area contributed by atoms with Gasteiger partial charge in [0.25, 0.3) is 5.91 Å². The highest BCUT2D eigenvalue weighted by Gasteiger charge is 2.23. The second-order valence-corrected chi connectivity index (χ2v) is 8.94. The molecule has 0 N–H and O–H groups in total. The largest absolute Gasteiger partial charge is 0.497 e. The van der Waals surface area contributed by atoms with Gasteiger partial charge in [0.2, 0.25) is 0 Å². The molecule has 6 heteroatoms. The Bertz CT molecular complexity index is 1060. The van der Waals surface area contributed by atoms with Crippen LogP contribution in [0.25, 0.3) is 6.08 Å². The van der Waals surface area contributed by atoms with Gasteiger partial charge in [0, 0.05) is 23.2 Å². The number of amides is 1. The molecule has 0 heterocycles. The van der Waals surface area contributed by atoms with E-state index in [1.807, 2.05) is 71.0 Å². The predicted molar refractivity (Wildman–Crippen MR) is 134 cm³/mol. The Hall–Kier alpha value is -3.28. The lowest BCUT2D eigenvalue weighted by Gasteiger charge is -2.30. The standard InChI is InChI=1S/C28H35NO5/c1-7-33-26-15-20(8-13-25(26)34-17-27(30)29(18(2)3)19(4)5)14-22-10-9-21-16-23(32-6)11-12-24(21)28(22)31/h8,11-16,18-19H,7,9-10,17H2,1-6H3/b22-14+. The van der Waals surface area contributed by atoms with Crippen molar-refractivity contribution in [3.8, 4) is 17.2 Å². The molecule has 1 aliphatic carbocycles. The molecule has 0 saturated heterocycles. The van der Waals surface area contributed by atoms with E-state index in [0.29, 0.717) is 24.5 Å². The number of carbonyl (C=O) groups excluding carboxylic acids is 2. The molecule has 0 fully saturated rings. The average molecular weight is 466 g/mol. The van der Waals surface area contributed by atoms with Gasteiger partial charge in [-0.1, -0.05) is 6.07 Å². The van der Waals surface area contributed by atoms with E-state index in [1.54, 1.807) is 18.1 Å². The summed E-state index contributed by atoms with van der Waals surface area (Å²) in [6.07, 6.45) is 3.36. The average Bonchev–Trinajstić information content (AvgIpc) is 2.80. The number of carbonyl (C=O) groups is 2. The van der Waals surface area contributed by atoms with Crippen molar-refractivity contribution < 1.29 is 23.8 Å². The van der Waals surface area contributed by atoms with Gasteiger partial charge in [0.05, 0.1) is 13.7 Å². The summed E-state index contributed by atoms with van der Waals surface area (Å²) in [5.74, 6) is 1.80. The van der Waals surface area contributed by atoms with Crippen LogP contribution in [0.1, 0.15) is 62.5 Å². The zero-order chi connectivity index (χ0) is 24.8. The smallest absolute Gasteiger partial charge is 0.260 e. The van der Waals surface area contributed by atoms with Crippen molar-refractivity contribution in [2.75, 3.05) is 20.3 Å². The van der Waals surface area contributed by atoms with Gasteiger partial charge in [-0.2, -0.15) is 0 Å². The molecule has 0 atom stereocenters. The lowest BCUT2D eigenvalue weighted by atomic mass is 9.86. The van der Waals surface area contributed by atoms with Crippen molar-refractivity contribution in [3.63, 3.8) is 0 Å². The Balaban J connectivity index is 1.79. The first-order valence-electron chi connectivity index (χ1n) is 11.9. The molecular formula is C28H35NO5. The van der Waals surface area contributed by atoms with Crippen LogP contribution in [0, 0.1) is 0 Å². The number of fused-ring (bicyclic) bond motifs is 1. The molecule has 1 aliphatic rings. The molecule has 0 unspecified atom stereocenters. The van der Waals surface area contributed by atoms with Gasteiger partial charge in [0.1, 0.15) is 5.75 Å². The van der Waals surface area contributed by atoms with Crippen LogP contribution < -0.4 is 14.2 Å². The maximum atomic E-state index is 13.0. The number of nitrogens with zero attached hydrogens (tertiary/aromatic N) is 1. The van der Waals surface area contributed by atoms with Crippen LogP contribution in [0.5, 0.6) is 17.2 Å². The molecule has 1 amide bonds. The van der Waals surface area contributed by atoms with Crippen LogP contribution in [0.3, 0.4) is 0 Å². The minimum Gasteiger partial charge on any atom is -0.497 e. The monoisotopic (exact) mass is 465 g/mol. The highest BCUT2D eigenvalue weighted by molar-refractivity contribution is 6.13. The van der Waals surface area contributed by atoms with Crippen molar-refractivity contribution in [1.82, 2.24) is 4.90 Å². The van der Waals surface area contributed by atoms with Crippen molar-refractivity contribution in [2.45, 2.75) is 59.5 Å². The molecule has 0 spiro atoms. The normalized spacial score (nSPS) is 14.4. The summed E-state index contributed by atoms with van der Waals surface area (Å²) in [6, 6.07) is 11.3. The van der Waals surface area contributed by atoms with Gasteiger partial charge < -0.3 is 19.1 Å². The summed E-state index contributed by atoms with van der Waals surface area (Å²) >= 11 is 0. The maximum Gasteiger partial charge on any atom is 0.260 e. The molecule has 2 aromatic carbocycles. The van der Waals surface area contributed by atoms with Crippen molar-refractivity contribution in [3.05, 3.63) is 58.7 Å². The number of Topliss-reactive ketones (excluding diaryl/α,β-unsaturated/α-hetero) is 1. The number of hydrogen-bond donors (Lipinski definition) is 0. The molecule has 0 aromatic heterocycles. The van der Waals surface area contributed by atoms with Gasteiger partial charge in [0.15, 0.2) is 23.9 Å². The summed E-state index contributed by atoms with van der Waals surface area (Å²) in [5, 5.41) is 0. The molecule has 0 bridgehead atoms. The Morgan fingerprint density at radius 3 is 2.38 bits per heavy atom. The van der Waals surface area contributed by atoms with Crippen LogP contribution in [-0.4, -0.2) is 49.0 Å². The summed E-state index contributed by atoms with van der Waals surface area (Å²) in [7, 11) is 1.63. The third kappa shape index (κ3) is 5.79. The molecule has 2 aromatic rings. The van der Waals surface area contributed by atoms with E-state index in [1.165, 1.54) is 0 Å². The van der Waals surface area contributed by atoms with E-state index in [9.17, 15) is 9.59 Å². The number of ketones is 1. The van der Waals surface area contributed by atoms with Crippen LogP contribution in [-0.2, 0) is 11.2 Å². The Morgan fingerprint density at radius 1 is 1.00 bits per heavy atom. The molecule has 3 rings (SSSR count). The van der Waals surface area contributed by atoms with Crippen molar-refractivity contribution in [2.24, 2.45) is 0 Å². The van der Waals surface area contributed by atoms with E-state index < -0.39 is 0 Å². The number of allylic oxidation sites excluding steroid dienone is 1. The minimum absolute atomic E-state index is 0.0373. The van der Waals surface area contributed by atoms with Crippen LogP contribution in [0.2, 0.25) is 0 Å². The third-order valence-electron chi connectivity index (χ3n) is 5.87. The van der Waals surface area contributed by atoms with Gasteiger partial charge in [-0.25, -0.2) is 0 Å². The van der Waals surface area contributed by atoms with Gasteiger partial charge in [-0.3, -0.25) is 9.59 Å². The number of methoxy groups -OCH3 is 1. The molecular weight excluding hydrogens is 430 g/mol. The van der Waals surface area contributed by atoms with E-state index in [2.05, 4.69) is 0 Å². The van der Waals surface area contributed by atoms with Gasteiger partial charge in [-0.15, -0.1) is 0 Å². The predicted octanol–water partition coefficient (Wildman–Crippen LogP) is 5.33. The second kappa shape index (κ2) is 11.2. The van der Waals surface area contributed by atoms with Crippen molar-refractivity contribution >= 4 is 17.8 Å². The summed E-state index contributed by atoms with van der Waals surface area (Å²) in [5.41, 5.74) is 3.35. The Kier molecular flexibility index (Phi) is 8.37. The molecule has 0 aliphatic heterocycles. The second-order valence-electron chi connectivity index (χ2n) is 8.94. The fraction of sp³-hybridized carbons (Fsp3) is 0.429. The van der Waals surface area contributed by atoms with E-state index in [-0.39, 0.29) is 30.4 Å². The molecule has 0 saturated carbocycles. The van der Waals surface area contributed by atoms with Crippen LogP contribution >= 0.6 is 0 Å². The zero-order valence-corrected chi connectivity index (χ0v) is 21.0. The van der Waals surface area contributed by atoms with Crippen molar-refractivity contribution in [1.29, 1.82) is 0 Å². The Morgan fingerprint density at radius 2 is 1.74 bits per heavy atom. The first-order chi connectivity index (χ1) is 16.2. The van der Waals surface area contributed by atoms with Crippen LogP contribution in [0.15, 0.2) is 42.0 Å². The number of benzene rings is 2.